The van der Waals surface area contributed by atoms with Gasteiger partial charge in [-0.3, -0.25) is 4.79 Å². The van der Waals surface area contributed by atoms with Crippen LogP contribution in [0, 0.1) is 5.92 Å². The molecule has 1 fully saturated rings. The van der Waals surface area contributed by atoms with Gasteiger partial charge in [-0.1, -0.05) is 11.6 Å². The van der Waals surface area contributed by atoms with E-state index < -0.39 is 0 Å². The quantitative estimate of drug-likeness (QED) is 0.696. The van der Waals surface area contributed by atoms with Crippen molar-refractivity contribution in [1.29, 1.82) is 0 Å². The first-order valence-corrected chi connectivity index (χ1v) is 6.47. The second-order valence-electron chi connectivity index (χ2n) is 5.03. The fourth-order valence-electron chi connectivity index (χ4n) is 2.40. The Morgan fingerprint density at radius 3 is 2.88 bits per heavy atom. The van der Waals surface area contributed by atoms with E-state index in [1.165, 1.54) is 31.3 Å². The highest BCUT2D eigenvalue weighted by molar-refractivity contribution is 5.78. The molecule has 1 atom stereocenters. The minimum absolute atomic E-state index is 0.163. The molecule has 2 rings (SSSR count). The van der Waals surface area contributed by atoms with Crippen molar-refractivity contribution < 1.29 is 4.79 Å². The van der Waals surface area contributed by atoms with Crippen LogP contribution in [0.5, 0.6) is 0 Å². The van der Waals surface area contributed by atoms with Gasteiger partial charge in [-0.05, 0) is 44.4 Å². The number of allylic oxidation sites excluding steroid dienone is 1. The summed E-state index contributed by atoms with van der Waals surface area (Å²) in [5.74, 6) is 0.810. The third-order valence-corrected chi connectivity index (χ3v) is 3.56. The van der Waals surface area contributed by atoms with Crippen LogP contribution in [0.15, 0.2) is 11.6 Å². The van der Waals surface area contributed by atoms with Crippen molar-refractivity contribution in [2.24, 2.45) is 11.7 Å². The van der Waals surface area contributed by atoms with Crippen LogP contribution >= 0.6 is 0 Å². The third kappa shape index (κ3) is 3.34. The van der Waals surface area contributed by atoms with E-state index in [0.717, 1.165) is 12.8 Å². The second kappa shape index (κ2) is 5.48. The van der Waals surface area contributed by atoms with Crippen LogP contribution in [0.2, 0.25) is 0 Å². The lowest BCUT2D eigenvalue weighted by molar-refractivity contribution is -0.121. The predicted octanol–water partition coefficient (Wildman–Crippen LogP) is 1.73. The van der Waals surface area contributed by atoms with Gasteiger partial charge >= 0.3 is 0 Å². The van der Waals surface area contributed by atoms with Crippen molar-refractivity contribution >= 4 is 5.91 Å². The molecule has 2 aliphatic carbocycles. The normalized spacial score (nSPS) is 22.4. The smallest absolute Gasteiger partial charge is 0.224 e. The highest BCUT2D eigenvalue weighted by atomic mass is 16.1. The van der Waals surface area contributed by atoms with Crippen molar-refractivity contribution in [3.05, 3.63) is 11.6 Å². The SMILES string of the molecule is NCC(NC(=O)CC1=CCCCC1)C1CC1. The molecule has 3 heteroatoms. The van der Waals surface area contributed by atoms with Gasteiger partial charge in [0.1, 0.15) is 0 Å². The van der Waals surface area contributed by atoms with Crippen molar-refractivity contribution in [1.82, 2.24) is 5.32 Å². The van der Waals surface area contributed by atoms with E-state index in [-0.39, 0.29) is 11.9 Å². The Labute approximate surface area is 97.5 Å². The first kappa shape index (κ1) is 11.6. The summed E-state index contributed by atoms with van der Waals surface area (Å²) >= 11 is 0. The van der Waals surface area contributed by atoms with Gasteiger partial charge in [0.15, 0.2) is 0 Å². The molecule has 0 heterocycles. The Morgan fingerprint density at radius 1 is 1.50 bits per heavy atom. The Morgan fingerprint density at radius 2 is 2.31 bits per heavy atom. The molecule has 1 saturated carbocycles. The van der Waals surface area contributed by atoms with Gasteiger partial charge < -0.3 is 11.1 Å². The summed E-state index contributed by atoms with van der Waals surface area (Å²) in [4.78, 5) is 11.8. The number of carbonyl (C=O) groups is 1. The van der Waals surface area contributed by atoms with Crippen LogP contribution in [-0.2, 0) is 4.79 Å². The van der Waals surface area contributed by atoms with Crippen LogP contribution in [0.25, 0.3) is 0 Å². The lowest BCUT2D eigenvalue weighted by atomic mass is 9.97. The minimum atomic E-state index is 0.163. The lowest BCUT2D eigenvalue weighted by Crippen LogP contribution is -2.41. The topological polar surface area (TPSA) is 55.1 Å². The van der Waals surface area contributed by atoms with Crippen LogP contribution in [0.1, 0.15) is 44.9 Å². The first-order valence-electron chi connectivity index (χ1n) is 6.47. The molecule has 0 bridgehead atoms. The molecule has 0 aromatic heterocycles. The summed E-state index contributed by atoms with van der Waals surface area (Å²) in [6, 6.07) is 0.219. The van der Waals surface area contributed by atoms with E-state index in [2.05, 4.69) is 11.4 Å². The first-order chi connectivity index (χ1) is 7.79. The zero-order valence-electron chi connectivity index (χ0n) is 9.87. The summed E-state index contributed by atoms with van der Waals surface area (Å²) in [6.07, 6.45) is 10.0. The highest BCUT2D eigenvalue weighted by Crippen LogP contribution is 2.32. The monoisotopic (exact) mass is 222 g/mol. The third-order valence-electron chi connectivity index (χ3n) is 3.56. The molecule has 1 unspecified atom stereocenters. The van der Waals surface area contributed by atoms with Crippen LogP contribution < -0.4 is 11.1 Å². The molecule has 0 radical (unpaired) electrons. The lowest BCUT2D eigenvalue weighted by Gasteiger charge is -2.18. The molecule has 90 valence electrons. The van der Waals surface area contributed by atoms with Crippen LogP contribution in [-0.4, -0.2) is 18.5 Å². The van der Waals surface area contributed by atoms with E-state index in [1.54, 1.807) is 0 Å². The molecule has 0 spiro atoms. The van der Waals surface area contributed by atoms with Crippen molar-refractivity contribution in [2.75, 3.05) is 6.54 Å². The molecule has 3 N–H and O–H groups in total. The largest absolute Gasteiger partial charge is 0.352 e. The summed E-state index contributed by atoms with van der Waals surface area (Å²) in [6.45, 7) is 0.579. The summed E-state index contributed by atoms with van der Waals surface area (Å²) in [5, 5.41) is 3.07. The van der Waals surface area contributed by atoms with E-state index in [9.17, 15) is 4.79 Å². The minimum Gasteiger partial charge on any atom is -0.352 e. The van der Waals surface area contributed by atoms with Gasteiger partial charge in [0, 0.05) is 19.0 Å². The molecular weight excluding hydrogens is 200 g/mol. The molecule has 0 saturated heterocycles. The standard InChI is InChI=1S/C13H22N2O/c14-9-12(11-6-7-11)15-13(16)8-10-4-2-1-3-5-10/h4,11-12H,1-3,5-9,14H2,(H,15,16). The van der Waals surface area contributed by atoms with Gasteiger partial charge in [0.05, 0.1) is 0 Å². The maximum Gasteiger partial charge on any atom is 0.224 e. The summed E-state index contributed by atoms with van der Waals surface area (Å²) < 4.78 is 0. The van der Waals surface area contributed by atoms with E-state index in [4.69, 9.17) is 5.73 Å². The molecule has 0 aliphatic heterocycles. The van der Waals surface area contributed by atoms with E-state index >= 15 is 0 Å². The van der Waals surface area contributed by atoms with Gasteiger partial charge in [0.2, 0.25) is 5.91 Å². The zero-order chi connectivity index (χ0) is 11.4. The van der Waals surface area contributed by atoms with Crippen molar-refractivity contribution in [3.8, 4) is 0 Å². The van der Waals surface area contributed by atoms with Gasteiger partial charge in [-0.25, -0.2) is 0 Å². The van der Waals surface area contributed by atoms with Crippen molar-refractivity contribution in [3.63, 3.8) is 0 Å². The molecular formula is C13H22N2O. The van der Waals surface area contributed by atoms with Gasteiger partial charge in [-0.2, -0.15) is 0 Å². The average Bonchev–Trinajstić information content (AvgIpc) is 3.11. The number of carbonyl (C=O) groups excluding carboxylic acids is 1. The molecule has 1 amide bonds. The van der Waals surface area contributed by atoms with Crippen molar-refractivity contribution in [2.45, 2.75) is 51.0 Å². The Balaban J connectivity index is 1.76. The summed E-state index contributed by atoms with van der Waals surface area (Å²) in [5.41, 5.74) is 6.98. The van der Waals surface area contributed by atoms with Gasteiger partial charge in [-0.15, -0.1) is 0 Å². The number of amides is 1. The zero-order valence-corrected chi connectivity index (χ0v) is 9.87. The number of hydrogen-bond acceptors (Lipinski definition) is 2. The van der Waals surface area contributed by atoms with Gasteiger partial charge in [0.25, 0.3) is 0 Å². The average molecular weight is 222 g/mol. The fraction of sp³-hybridized carbons (Fsp3) is 0.769. The molecule has 0 aromatic rings. The maximum absolute atomic E-state index is 11.8. The molecule has 0 aromatic carbocycles. The maximum atomic E-state index is 11.8. The van der Waals surface area contributed by atoms with Crippen LogP contribution in [0.4, 0.5) is 0 Å². The number of nitrogens with one attached hydrogen (secondary N) is 1. The van der Waals surface area contributed by atoms with E-state index in [1.807, 2.05) is 0 Å². The predicted molar refractivity (Wildman–Crippen MR) is 64.9 cm³/mol. The number of hydrogen-bond donors (Lipinski definition) is 2. The molecule has 16 heavy (non-hydrogen) atoms. The van der Waals surface area contributed by atoms with E-state index in [0.29, 0.717) is 18.9 Å². The molecule has 2 aliphatic rings. The summed E-state index contributed by atoms with van der Waals surface area (Å²) in [7, 11) is 0. The Kier molecular flexibility index (Phi) is 3.99. The Hall–Kier alpha value is -0.830. The second-order valence-corrected chi connectivity index (χ2v) is 5.03. The van der Waals surface area contributed by atoms with Crippen LogP contribution in [0.3, 0.4) is 0 Å². The Bertz CT molecular complexity index is 282. The molecule has 3 nitrogen and oxygen atoms in total. The fourth-order valence-corrected chi connectivity index (χ4v) is 2.40. The number of rotatable bonds is 5. The number of nitrogens with two attached hydrogens (primary N) is 1. The highest BCUT2D eigenvalue weighted by Gasteiger charge is 2.31.